The Morgan fingerprint density at radius 3 is 2.89 bits per heavy atom. The summed E-state index contributed by atoms with van der Waals surface area (Å²) in [5, 5.41) is 10.5. The number of nitrogens with zero attached hydrogens (tertiary/aromatic N) is 3. The molecule has 1 unspecified atom stereocenters. The molecule has 1 fully saturated rings. The number of carbonyl (C=O) groups is 1. The van der Waals surface area contributed by atoms with Crippen molar-refractivity contribution >= 4 is 22.6 Å². The molecule has 1 aromatic heterocycles. The van der Waals surface area contributed by atoms with Crippen LogP contribution in [0.25, 0.3) is 0 Å². The van der Waals surface area contributed by atoms with E-state index in [1.165, 1.54) is 11.5 Å². The second-order valence-corrected chi connectivity index (χ2v) is 5.94. The van der Waals surface area contributed by atoms with Crippen LogP contribution in [0.5, 0.6) is 0 Å². The molecule has 0 spiro atoms. The molecule has 0 amide bonds. The molecule has 0 bridgehead atoms. The van der Waals surface area contributed by atoms with Crippen molar-refractivity contribution in [3.8, 4) is 0 Å². The van der Waals surface area contributed by atoms with Gasteiger partial charge in [-0.2, -0.15) is 4.37 Å². The number of rotatable bonds is 5. The third-order valence-electron chi connectivity index (χ3n) is 3.80. The maximum atomic E-state index is 11.6. The first-order valence-electron chi connectivity index (χ1n) is 6.92. The second kappa shape index (κ2) is 5.86. The molecule has 0 radical (unpaired) electrons. The van der Waals surface area contributed by atoms with Gasteiger partial charge >= 0.3 is 5.97 Å². The van der Waals surface area contributed by atoms with Gasteiger partial charge in [-0.05, 0) is 19.3 Å². The number of carboxylic acids is 1. The Hall–Kier alpha value is -1.17. The highest BCUT2D eigenvalue weighted by molar-refractivity contribution is 7.09. The summed E-state index contributed by atoms with van der Waals surface area (Å²) in [7, 11) is 0. The predicted molar refractivity (Wildman–Crippen MR) is 75.7 cm³/mol. The van der Waals surface area contributed by atoms with Crippen molar-refractivity contribution in [2.24, 2.45) is 5.41 Å². The number of hydrogen-bond donors (Lipinski definition) is 1. The minimum atomic E-state index is -0.667. The van der Waals surface area contributed by atoms with E-state index in [0.29, 0.717) is 6.54 Å². The van der Waals surface area contributed by atoms with Gasteiger partial charge in [0.05, 0.1) is 5.41 Å². The minimum Gasteiger partial charge on any atom is -0.481 e. The molecule has 2 rings (SSSR count). The summed E-state index contributed by atoms with van der Waals surface area (Å²) in [6.07, 6.45) is 4.14. The lowest BCUT2D eigenvalue weighted by Gasteiger charge is -2.39. The van der Waals surface area contributed by atoms with Crippen LogP contribution in [0.3, 0.4) is 0 Å². The van der Waals surface area contributed by atoms with Gasteiger partial charge in [0.1, 0.15) is 5.82 Å². The van der Waals surface area contributed by atoms with E-state index in [-0.39, 0.29) is 0 Å². The van der Waals surface area contributed by atoms with E-state index in [1.54, 1.807) is 0 Å². The molecule has 0 aromatic carbocycles. The van der Waals surface area contributed by atoms with Crippen molar-refractivity contribution in [2.45, 2.75) is 46.0 Å². The van der Waals surface area contributed by atoms with E-state index in [0.717, 1.165) is 49.6 Å². The highest BCUT2D eigenvalue weighted by Crippen LogP contribution is 2.37. The molecule has 5 nitrogen and oxygen atoms in total. The monoisotopic (exact) mass is 283 g/mol. The normalized spacial score (nSPS) is 23.6. The lowest BCUT2D eigenvalue weighted by molar-refractivity contribution is -0.150. The smallest absolute Gasteiger partial charge is 0.311 e. The van der Waals surface area contributed by atoms with Crippen LogP contribution in [0.15, 0.2) is 0 Å². The number of aryl methyl sites for hydroxylation is 1. The Kier molecular flexibility index (Phi) is 4.39. The lowest BCUT2D eigenvalue weighted by Crippen LogP contribution is -2.48. The maximum absolute atomic E-state index is 11.6. The first-order chi connectivity index (χ1) is 9.11. The molecule has 1 aliphatic heterocycles. The molecule has 19 heavy (non-hydrogen) atoms. The van der Waals surface area contributed by atoms with Crippen molar-refractivity contribution in [2.75, 3.05) is 18.0 Å². The van der Waals surface area contributed by atoms with Gasteiger partial charge in [0.25, 0.3) is 0 Å². The average Bonchev–Trinajstić information content (AvgIpc) is 2.88. The summed E-state index contributed by atoms with van der Waals surface area (Å²) in [6, 6.07) is 0. The Bertz CT molecular complexity index is 445. The topological polar surface area (TPSA) is 66.3 Å². The van der Waals surface area contributed by atoms with Gasteiger partial charge in [0.2, 0.25) is 5.13 Å². The van der Waals surface area contributed by atoms with Gasteiger partial charge in [-0.15, -0.1) is 0 Å². The summed E-state index contributed by atoms with van der Waals surface area (Å²) >= 11 is 1.38. The highest BCUT2D eigenvalue weighted by Gasteiger charge is 2.42. The molecule has 106 valence electrons. The molecule has 0 aliphatic carbocycles. The van der Waals surface area contributed by atoms with E-state index < -0.39 is 11.4 Å². The van der Waals surface area contributed by atoms with E-state index in [9.17, 15) is 9.90 Å². The van der Waals surface area contributed by atoms with Crippen LogP contribution < -0.4 is 4.90 Å². The van der Waals surface area contributed by atoms with E-state index in [4.69, 9.17) is 0 Å². The van der Waals surface area contributed by atoms with Crippen LogP contribution in [0, 0.1) is 5.41 Å². The van der Waals surface area contributed by atoms with Crippen LogP contribution in [0.1, 0.15) is 45.4 Å². The molecule has 1 atom stereocenters. The number of aromatic nitrogens is 2. The number of anilines is 1. The fraction of sp³-hybridized carbons (Fsp3) is 0.769. The third kappa shape index (κ3) is 2.88. The summed E-state index contributed by atoms with van der Waals surface area (Å²) in [6.45, 7) is 5.52. The Labute approximate surface area is 117 Å². The number of aliphatic carboxylic acids is 1. The van der Waals surface area contributed by atoms with Crippen LogP contribution in [-0.2, 0) is 11.2 Å². The Balaban J connectivity index is 2.17. The summed E-state index contributed by atoms with van der Waals surface area (Å²) < 4.78 is 4.29. The highest BCUT2D eigenvalue weighted by atomic mass is 32.1. The van der Waals surface area contributed by atoms with E-state index >= 15 is 0 Å². The van der Waals surface area contributed by atoms with Crippen molar-refractivity contribution in [1.82, 2.24) is 9.36 Å². The Morgan fingerprint density at radius 1 is 1.53 bits per heavy atom. The summed E-state index contributed by atoms with van der Waals surface area (Å²) in [5.74, 6) is 0.182. The molecule has 1 N–H and O–H groups in total. The molecule has 1 aromatic rings. The fourth-order valence-electron chi connectivity index (χ4n) is 2.78. The van der Waals surface area contributed by atoms with Gasteiger partial charge in [-0.1, -0.05) is 20.3 Å². The van der Waals surface area contributed by atoms with Crippen molar-refractivity contribution < 1.29 is 9.90 Å². The third-order valence-corrected chi connectivity index (χ3v) is 4.62. The van der Waals surface area contributed by atoms with Crippen molar-refractivity contribution in [1.29, 1.82) is 0 Å². The zero-order valence-corrected chi connectivity index (χ0v) is 12.4. The molecule has 1 saturated heterocycles. The van der Waals surface area contributed by atoms with Gasteiger partial charge < -0.3 is 10.0 Å². The second-order valence-electron chi connectivity index (χ2n) is 5.21. The van der Waals surface area contributed by atoms with Crippen LogP contribution in [-0.4, -0.2) is 33.5 Å². The van der Waals surface area contributed by atoms with Crippen LogP contribution in [0.4, 0.5) is 5.13 Å². The van der Waals surface area contributed by atoms with E-state index in [1.807, 2.05) is 13.8 Å². The average molecular weight is 283 g/mol. The maximum Gasteiger partial charge on any atom is 0.311 e. The summed E-state index contributed by atoms with van der Waals surface area (Å²) in [5.41, 5.74) is -0.606. The molecule has 2 heterocycles. The van der Waals surface area contributed by atoms with E-state index in [2.05, 4.69) is 14.3 Å². The number of carboxylic acid groups (broad SMARTS) is 1. The van der Waals surface area contributed by atoms with Gasteiger partial charge in [0.15, 0.2) is 0 Å². The SMILES string of the molecule is CCCC1(C(=O)O)CCCN(c2nc(CC)ns2)C1. The molecular weight excluding hydrogens is 262 g/mol. The molecule has 1 aliphatic rings. The lowest BCUT2D eigenvalue weighted by atomic mass is 9.76. The number of hydrogen-bond acceptors (Lipinski definition) is 5. The largest absolute Gasteiger partial charge is 0.481 e. The van der Waals surface area contributed by atoms with Crippen LogP contribution in [0.2, 0.25) is 0 Å². The first kappa shape index (κ1) is 14.2. The predicted octanol–water partition coefficient (Wildman–Crippen LogP) is 2.57. The van der Waals surface area contributed by atoms with Gasteiger partial charge in [-0.3, -0.25) is 4.79 Å². The zero-order valence-electron chi connectivity index (χ0n) is 11.6. The van der Waals surface area contributed by atoms with Crippen molar-refractivity contribution in [3.63, 3.8) is 0 Å². The fourth-order valence-corrected chi connectivity index (χ4v) is 3.55. The van der Waals surface area contributed by atoms with Gasteiger partial charge in [-0.25, -0.2) is 4.98 Å². The van der Waals surface area contributed by atoms with Crippen LogP contribution >= 0.6 is 11.5 Å². The Morgan fingerprint density at radius 2 is 2.32 bits per heavy atom. The number of piperidine rings is 1. The summed E-state index contributed by atoms with van der Waals surface area (Å²) in [4.78, 5) is 18.2. The van der Waals surface area contributed by atoms with Gasteiger partial charge in [0, 0.05) is 31.0 Å². The van der Waals surface area contributed by atoms with Crippen molar-refractivity contribution in [3.05, 3.63) is 5.82 Å². The quantitative estimate of drug-likeness (QED) is 0.899. The minimum absolute atomic E-state index is 0.564. The molecular formula is C13H21N3O2S. The first-order valence-corrected chi connectivity index (χ1v) is 7.69. The zero-order chi connectivity index (χ0) is 13.9. The molecule has 0 saturated carbocycles. The standard InChI is InChI=1S/C13H21N3O2S/c1-3-6-13(11(17)18)7-5-8-16(9-13)12-14-10(4-2)15-19-12/h3-9H2,1-2H3,(H,17,18). The molecule has 6 heteroatoms.